The molecule has 0 unspecified atom stereocenters. The fourth-order valence-corrected chi connectivity index (χ4v) is 1.56. The highest BCUT2D eigenvalue weighted by Gasteiger charge is 2.10. The van der Waals surface area contributed by atoms with Gasteiger partial charge in [-0.25, -0.2) is 0 Å². The van der Waals surface area contributed by atoms with Crippen LogP contribution in [0.15, 0.2) is 16.5 Å². The Morgan fingerprint density at radius 3 is 2.00 bits per heavy atom. The van der Waals surface area contributed by atoms with E-state index in [1.165, 1.54) is 11.1 Å². The van der Waals surface area contributed by atoms with Crippen molar-refractivity contribution in [1.29, 1.82) is 0 Å². The van der Waals surface area contributed by atoms with E-state index in [4.69, 9.17) is 4.42 Å². The van der Waals surface area contributed by atoms with E-state index in [9.17, 15) is 0 Å². The van der Waals surface area contributed by atoms with Crippen LogP contribution in [-0.4, -0.2) is 0 Å². The third-order valence-electron chi connectivity index (χ3n) is 2.20. The van der Waals surface area contributed by atoms with Crippen molar-refractivity contribution >= 4 is 11.2 Å². The van der Waals surface area contributed by atoms with Gasteiger partial charge in [0.2, 0.25) is 0 Å². The highest BCUT2D eigenvalue weighted by molar-refractivity contribution is 5.71. The van der Waals surface area contributed by atoms with Gasteiger partial charge < -0.3 is 4.42 Å². The molecule has 2 heterocycles. The summed E-state index contributed by atoms with van der Waals surface area (Å²) in [7, 11) is 0. The molecule has 0 amide bonds. The van der Waals surface area contributed by atoms with Crippen LogP contribution < -0.4 is 0 Å². The molecule has 1 heteroatoms. The van der Waals surface area contributed by atoms with Gasteiger partial charge in [-0.1, -0.05) is 13.8 Å². The maximum atomic E-state index is 5.53. The van der Waals surface area contributed by atoms with Crippen LogP contribution in [0.1, 0.15) is 25.0 Å². The molecule has 0 atom stereocenters. The number of benzene rings is 1. The molecule has 58 valence electrons. The van der Waals surface area contributed by atoms with Crippen molar-refractivity contribution in [2.45, 2.75) is 26.7 Å². The van der Waals surface area contributed by atoms with Gasteiger partial charge >= 0.3 is 0 Å². The molecule has 0 N–H and O–H groups in total. The van der Waals surface area contributed by atoms with Gasteiger partial charge in [0.25, 0.3) is 0 Å². The second-order valence-electron chi connectivity index (χ2n) is 2.88. The molecule has 2 bridgehead atoms. The van der Waals surface area contributed by atoms with E-state index in [0.717, 1.165) is 24.0 Å². The smallest absolute Gasteiger partial charge is 0.134 e. The minimum Gasteiger partial charge on any atom is -0.457 e. The Morgan fingerprint density at radius 1 is 1.09 bits per heavy atom. The number of fused-ring (bicyclic) bond motifs is 2. The van der Waals surface area contributed by atoms with Gasteiger partial charge in [-0.2, -0.15) is 0 Å². The first-order chi connectivity index (χ1) is 5.35. The van der Waals surface area contributed by atoms with Crippen LogP contribution in [0.2, 0.25) is 0 Å². The van der Waals surface area contributed by atoms with E-state index in [-0.39, 0.29) is 0 Å². The Hall–Kier alpha value is -0.980. The zero-order chi connectivity index (χ0) is 7.84. The first-order valence-corrected chi connectivity index (χ1v) is 4.18. The van der Waals surface area contributed by atoms with Crippen LogP contribution in [0.4, 0.5) is 0 Å². The van der Waals surface area contributed by atoms with Crippen LogP contribution in [0.3, 0.4) is 0 Å². The first-order valence-electron chi connectivity index (χ1n) is 4.18. The topological polar surface area (TPSA) is 13.1 Å². The fourth-order valence-electron chi connectivity index (χ4n) is 1.56. The van der Waals surface area contributed by atoms with E-state index < -0.39 is 0 Å². The Bertz CT molecular complexity index is 317. The van der Waals surface area contributed by atoms with Crippen molar-refractivity contribution in [3.8, 4) is 0 Å². The van der Waals surface area contributed by atoms with Crippen molar-refractivity contribution < 1.29 is 4.42 Å². The van der Waals surface area contributed by atoms with Crippen molar-refractivity contribution in [2.75, 3.05) is 0 Å². The maximum Gasteiger partial charge on any atom is 0.134 e. The molecular formula is C10H12O. The molecule has 0 aliphatic heterocycles. The summed E-state index contributed by atoms with van der Waals surface area (Å²) in [6.07, 6.45) is 2.16. The number of aryl methyl sites for hydroxylation is 2. The number of rotatable bonds is 2. The van der Waals surface area contributed by atoms with Crippen molar-refractivity contribution in [3.05, 3.63) is 23.3 Å². The summed E-state index contributed by atoms with van der Waals surface area (Å²) >= 11 is 0. The van der Waals surface area contributed by atoms with Crippen LogP contribution in [0.5, 0.6) is 0 Å². The van der Waals surface area contributed by atoms with E-state index in [1.807, 2.05) is 0 Å². The van der Waals surface area contributed by atoms with Gasteiger partial charge in [0.15, 0.2) is 0 Å². The number of hydrogen-bond acceptors (Lipinski definition) is 1. The molecule has 0 radical (unpaired) electrons. The Balaban J connectivity index is 2.61. The first kappa shape index (κ1) is 6.71. The number of furan rings is 2. The highest BCUT2D eigenvalue weighted by atomic mass is 16.3. The maximum absolute atomic E-state index is 5.53. The SMILES string of the molecule is CCc1cc2cc(CC)c1o2. The van der Waals surface area contributed by atoms with Gasteiger partial charge in [0.1, 0.15) is 11.2 Å². The average molecular weight is 148 g/mol. The second-order valence-corrected chi connectivity index (χ2v) is 2.88. The summed E-state index contributed by atoms with van der Waals surface area (Å²) in [5, 5.41) is 0. The van der Waals surface area contributed by atoms with Crippen molar-refractivity contribution in [1.82, 2.24) is 0 Å². The Kier molecular flexibility index (Phi) is 1.38. The van der Waals surface area contributed by atoms with E-state index in [2.05, 4.69) is 26.0 Å². The predicted octanol–water partition coefficient (Wildman–Crippen LogP) is 3.00. The van der Waals surface area contributed by atoms with Gasteiger partial charge in [-0.15, -0.1) is 0 Å². The van der Waals surface area contributed by atoms with E-state index >= 15 is 0 Å². The molecule has 0 aromatic carbocycles. The molecule has 11 heavy (non-hydrogen) atoms. The predicted molar refractivity (Wildman–Crippen MR) is 46.2 cm³/mol. The zero-order valence-corrected chi connectivity index (χ0v) is 6.98. The van der Waals surface area contributed by atoms with Gasteiger partial charge in [-0.3, -0.25) is 0 Å². The summed E-state index contributed by atoms with van der Waals surface area (Å²) in [5.41, 5.74) is 4.89. The average Bonchev–Trinajstić information content (AvgIpc) is 2.60. The molecule has 2 aromatic rings. The number of hydrogen-bond donors (Lipinski definition) is 0. The standard InChI is InChI=1S/C10H12O/c1-3-7-5-9-6-8(4-2)10(7)11-9/h5-6H,3-4H2,1-2H3. The Morgan fingerprint density at radius 2 is 1.64 bits per heavy atom. The summed E-state index contributed by atoms with van der Waals surface area (Å²) in [5.74, 6) is 0. The van der Waals surface area contributed by atoms with Crippen LogP contribution in [-0.2, 0) is 12.8 Å². The largest absolute Gasteiger partial charge is 0.457 e. The normalized spacial score (nSPS) is 11.5. The quantitative estimate of drug-likeness (QED) is 0.638. The molecule has 0 aliphatic rings. The summed E-state index contributed by atoms with van der Waals surface area (Å²) < 4.78 is 5.53. The van der Waals surface area contributed by atoms with E-state index in [0.29, 0.717) is 0 Å². The minimum absolute atomic E-state index is 1.04. The molecule has 0 spiro atoms. The molecule has 0 saturated carbocycles. The third-order valence-corrected chi connectivity index (χ3v) is 2.20. The third kappa shape index (κ3) is 0.839. The second kappa shape index (κ2) is 2.26. The highest BCUT2D eigenvalue weighted by Crippen LogP contribution is 2.27. The minimum atomic E-state index is 1.04. The van der Waals surface area contributed by atoms with Crippen LogP contribution in [0, 0.1) is 0 Å². The zero-order valence-electron chi connectivity index (χ0n) is 6.98. The van der Waals surface area contributed by atoms with Gasteiger partial charge in [0, 0.05) is 0 Å². The summed E-state index contributed by atoms with van der Waals surface area (Å²) in [6.45, 7) is 4.33. The molecule has 0 saturated heterocycles. The lowest BCUT2D eigenvalue weighted by Gasteiger charge is -1.93. The fraction of sp³-hybridized carbons (Fsp3) is 0.400. The lowest BCUT2D eigenvalue weighted by atomic mass is 10.1. The van der Waals surface area contributed by atoms with Crippen molar-refractivity contribution in [3.63, 3.8) is 0 Å². The van der Waals surface area contributed by atoms with E-state index in [1.54, 1.807) is 0 Å². The molecule has 2 aromatic heterocycles. The monoisotopic (exact) mass is 148 g/mol. The van der Waals surface area contributed by atoms with Crippen LogP contribution in [0.25, 0.3) is 11.2 Å². The molecule has 0 aliphatic carbocycles. The van der Waals surface area contributed by atoms with Gasteiger partial charge in [-0.05, 0) is 36.1 Å². The molecular weight excluding hydrogens is 136 g/mol. The molecule has 2 rings (SSSR count). The van der Waals surface area contributed by atoms with Gasteiger partial charge in [0.05, 0.1) is 0 Å². The Labute approximate surface area is 66.3 Å². The van der Waals surface area contributed by atoms with Crippen LogP contribution >= 0.6 is 0 Å². The van der Waals surface area contributed by atoms with Crippen molar-refractivity contribution in [2.24, 2.45) is 0 Å². The lowest BCUT2D eigenvalue weighted by Crippen LogP contribution is -1.81. The summed E-state index contributed by atoms with van der Waals surface area (Å²) in [4.78, 5) is 0. The molecule has 1 nitrogen and oxygen atoms in total. The lowest BCUT2D eigenvalue weighted by molar-refractivity contribution is 0.670. The molecule has 0 fully saturated rings. The summed E-state index contributed by atoms with van der Waals surface area (Å²) in [6, 6.07) is 4.27.